The summed E-state index contributed by atoms with van der Waals surface area (Å²) in [4.78, 5) is 0. The van der Waals surface area contributed by atoms with Crippen LogP contribution in [-0.4, -0.2) is 43.6 Å². The maximum atomic E-state index is 6.08. The molecular weight excluding hydrogens is 296 g/mol. The molecule has 124 valence electrons. The first-order valence-corrected chi connectivity index (χ1v) is 7.77. The van der Waals surface area contributed by atoms with Gasteiger partial charge in [-0.25, -0.2) is 0 Å². The summed E-state index contributed by atoms with van der Waals surface area (Å²) in [6.07, 6.45) is 3.97. The average Bonchev–Trinajstić information content (AvgIpc) is 2.98. The Labute approximate surface area is 136 Å². The molecule has 2 saturated heterocycles. The molecule has 0 amide bonds. The Morgan fingerprint density at radius 1 is 1.22 bits per heavy atom. The van der Waals surface area contributed by atoms with Crippen LogP contribution in [0, 0.1) is 12.3 Å². The minimum Gasteiger partial charge on any atom is -0.368 e. The van der Waals surface area contributed by atoms with Crippen LogP contribution in [0.5, 0.6) is 0 Å². The van der Waals surface area contributed by atoms with Gasteiger partial charge in [-0.3, -0.25) is 0 Å². The van der Waals surface area contributed by atoms with Gasteiger partial charge in [-0.05, 0) is 19.4 Å². The van der Waals surface area contributed by atoms with Crippen molar-refractivity contribution in [2.75, 3.05) is 13.2 Å². The van der Waals surface area contributed by atoms with E-state index in [9.17, 15) is 0 Å². The summed E-state index contributed by atoms with van der Waals surface area (Å²) in [6.45, 7) is 4.81. The van der Waals surface area contributed by atoms with Crippen LogP contribution in [0.25, 0.3) is 0 Å². The highest BCUT2D eigenvalue weighted by Gasteiger charge is 2.55. The molecule has 0 aromatic heterocycles. The Hall–Kier alpha value is -1.42. The lowest BCUT2D eigenvalue weighted by Crippen LogP contribution is -2.39. The van der Waals surface area contributed by atoms with E-state index in [1.54, 1.807) is 0 Å². The van der Waals surface area contributed by atoms with Gasteiger partial charge in [-0.15, -0.1) is 6.42 Å². The Kier molecular flexibility index (Phi) is 5.00. The van der Waals surface area contributed by atoms with Crippen molar-refractivity contribution in [3.05, 3.63) is 35.9 Å². The smallest absolute Gasteiger partial charge is 0.190 e. The lowest BCUT2D eigenvalue weighted by atomic mass is 10.1. The van der Waals surface area contributed by atoms with Crippen LogP contribution >= 0.6 is 0 Å². The molecule has 0 saturated carbocycles. The highest BCUT2D eigenvalue weighted by Crippen LogP contribution is 2.39. The summed E-state index contributed by atoms with van der Waals surface area (Å²) in [7, 11) is 0. The van der Waals surface area contributed by atoms with E-state index in [0.717, 1.165) is 5.56 Å². The third-order valence-corrected chi connectivity index (χ3v) is 3.84. The highest BCUT2D eigenvalue weighted by molar-refractivity contribution is 5.13. The van der Waals surface area contributed by atoms with Crippen LogP contribution < -0.4 is 0 Å². The predicted molar refractivity (Wildman–Crippen MR) is 83.4 cm³/mol. The summed E-state index contributed by atoms with van der Waals surface area (Å²) in [5.41, 5.74) is 1.09. The molecule has 2 fully saturated rings. The van der Waals surface area contributed by atoms with Crippen molar-refractivity contribution in [1.29, 1.82) is 0 Å². The number of benzene rings is 1. The van der Waals surface area contributed by atoms with Gasteiger partial charge in [0.25, 0.3) is 0 Å². The Balaban J connectivity index is 1.65. The third-order valence-electron chi connectivity index (χ3n) is 3.84. The van der Waals surface area contributed by atoms with E-state index in [1.165, 1.54) is 0 Å². The SMILES string of the molecule is C#CCOC[C@H]1O[C@@H]2OC(C)(C)O[C@@H]2[C@H]1OCc1ccccc1. The summed E-state index contributed by atoms with van der Waals surface area (Å²) in [5, 5.41) is 0. The fourth-order valence-electron chi connectivity index (χ4n) is 2.88. The van der Waals surface area contributed by atoms with Crippen LogP contribution in [0.4, 0.5) is 0 Å². The summed E-state index contributed by atoms with van der Waals surface area (Å²) >= 11 is 0. The molecule has 0 radical (unpaired) electrons. The van der Waals surface area contributed by atoms with Gasteiger partial charge < -0.3 is 23.7 Å². The average molecular weight is 318 g/mol. The number of fused-ring (bicyclic) bond motifs is 1. The number of rotatable bonds is 6. The van der Waals surface area contributed by atoms with E-state index in [1.807, 2.05) is 44.2 Å². The molecule has 4 atom stereocenters. The van der Waals surface area contributed by atoms with Gasteiger partial charge in [-0.1, -0.05) is 36.3 Å². The Morgan fingerprint density at radius 3 is 2.74 bits per heavy atom. The minimum atomic E-state index is -0.672. The maximum Gasteiger partial charge on any atom is 0.190 e. The zero-order valence-corrected chi connectivity index (χ0v) is 13.4. The van der Waals surface area contributed by atoms with E-state index >= 15 is 0 Å². The lowest BCUT2D eigenvalue weighted by molar-refractivity contribution is -0.224. The second-order valence-electron chi connectivity index (χ2n) is 6.12. The lowest BCUT2D eigenvalue weighted by Gasteiger charge is -2.25. The molecule has 3 rings (SSSR count). The molecule has 5 heteroatoms. The van der Waals surface area contributed by atoms with Crippen LogP contribution in [0.15, 0.2) is 30.3 Å². The van der Waals surface area contributed by atoms with E-state index in [4.69, 9.17) is 30.1 Å². The summed E-state index contributed by atoms with van der Waals surface area (Å²) < 4.78 is 29.1. The summed E-state index contributed by atoms with van der Waals surface area (Å²) in [5.74, 6) is 1.77. The predicted octanol–water partition coefficient (Wildman–Crippen LogP) is 2.10. The molecule has 0 bridgehead atoms. The molecule has 23 heavy (non-hydrogen) atoms. The molecule has 0 N–H and O–H groups in total. The number of terminal acetylenes is 1. The van der Waals surface area contributed by atoms with Crippen molar-refractivity contribution in [3.63, 3.8) is 0 Å². The van der Waals surface area contributed by atoms with E-state index in [0.29, 0.717) is 13.2 Å². The van der Waals surface area contributed by atoms with Crippen LogP contribution in [0.1, 0.15) is 19.4 Å². The van der Waals surface area contributed by atoms with Crippen molar-refractivity contribution in [2.24, 2.45) is 0 Å². The van der Waals surface area contributed by atoms with Gasteiger partial charge in [0.15, 0.2) is 12.1 Å². The first-order chi connectivity index (χ1) is 11.1. The largest absolute Gasteiger partial charge is 0.368 e. The van der Waals surface area contributed by atoms with Gasteiger partial charge in [0.2, 0.25) is 0 Å². The zero-order chi connectivity index (χ0) is 16.3. The molecule has 1 aromatic rings. The number of hydrogen-bond acceptors (Lipinski definition) is 5. The topological polar surface area (TPSA) is 46.2 Å². The molecule has 0 spiro atoms. The van der Waals surface area contributed by atoms with E-state index < -0.39 is 12.1 Å². The molecule has 5 nitrogen and oxygen atoms in total. The van der Waals surface area contributed by atoms with E-state index in [-0.39, 0.29) is 24.9 Å². The van der Waals surface area contributed by atoms with Crippen LogP contribution in [0.3, 0.4) is 0 Å². The number of hydrogen-bond donors (Lipinski definition) is 0. The minimum absolute atomic E-state index is 0.244. The molecular formula is C18H22O5. The van der Waals surface area contributed by atoms with Crippen molar-refractivity contribution in [3.8, 4) is 12.3 Å². The van der Waals surface area contributed by atoms with Gasteiger partial charge >= 0.3 is 0 Å². The second-order valence-corrected chi connectivity index (χ2v) is 6.12. The first-order valence-electron chi connectivity index (χ1n) is 7.77. The fraction of sp³-hybridized carbons (Fsp3) is 0.556. The first kappa shape index (κ1) is 16.4. The van der Waals surface area contributed by atoms with Gasteiger partial charge in [0.1, 0.15) is 24.9 Å². The number of ether oxygens (including phenoxy) is 5. The Bertz CT molecular complexity index is 550. The monoisotopic (exact) mass is 318 g/mol. The molecule has 2 aliphatic heterocycles. The molecule has 0 aliphatic carbocycles. The maximum absolute atomic E-state index is 6.08. The Morgan fingerprint density at radius 2 is 2.00 bits per heavy atom. The second kappa shape index (κ2) is 7.00. The van der Waals surface area contributed by atoms with Gasteiger partial charge in [-0.2, -0.15) is 0 Å². The standard InChI is InChI=1S/C18H22O5/c1-4-10-19-12-14-15(20-11-13-8-6-5-7-9-13)16-17(21-14)23-18(2,3)22-16/h1,5-9,14-17H,10-12H2,2-3H3/t14-,15+,16-,17-/m1/s1. The van der Waals surface area contributed by atoms with Crippen molar-refractivity contribution in [2.45, 2.75) is 50.8 Å². The van der Waals surface area contributed by atoms with E-state index in [2.05, 4.69) is 5.92 Å². The van der Waals surface area contributed by atoms with Gasteiger partial charge in [0.05, 0.1) is 13.2 Å². The zero-order valence-electron chi connectivity index (χ0n) is 13.4. The van der Waals surface area contributed by atoms with Gasteiger partial charge in [0, 0.05) is 0 Å². The third kappa shape index (κ3) is 3.92. The normalized spacial score (nSPS) is 31.7. The molecule has 2 heterocycles. The summed E-state index contributed by atoms with van der Waals surface area (Å²) in [6, 6.07) is 9.99. The van der Waals surface area contributed by atoms with Crippen molar-refractivity contribution >= 4 is 0 Å². The fourth-order valence-corrected chi connectivity index (χ4v) is 2.88. The van der Waals surface area contributed by atoms with Crippen LogP contribution in [0.2, 0.25) is 0 Å². The molecule has 1 aromatic carbocycles. The molecule has 0 unspecified atom stereocenters. The highest BCUT2D eigenvalue weighted by atomic mass is 16.8. The quantitative estimate of drug-likeness (QED) is 0.594. The van der Waals surface area contributed by atoms with Crippen molar-refractivity contribution in [1.82, 2.24) is 0 Å². The van der Waals surface area contributed by atoms with Crippen LogP contribution in [-0.2, 0) is 30.3 Å². The molecule has 2 aliphatic rings. The van der Waals surface area contributed by atoms with Crippen molar-refractivity contribution < 1.29 is 23.7 Å².